The maximum absolute atomic E-state index is 11.2. The summed E-state index contributed by atoms with van der Waals surface area (Å²) in [5.41, 5.74) is 3.06. The molecule has 0 unspecified atom stereocenters. The van der Waals surface area contributed by atoms with Crippen LogP contribution in [0.25, 0.3) is 0 Å². The van der Waals surface area contributed by atoms with Gasteiger partial charge in [0.1, 0.15) is 5.82 Å². The molecular weight excluding hydrogens is 300 g/mol. The Kier molecular flexibility index (Phi) is 5.45. The zero-order valence-corrected chi connectivity index (χ0v) is 12.7. The summed E-state index contributed by atoms with van der Waals surface area (Å²) in [4.78, 5) is 14.7. The molecule has 0 aliphatic heterocycles. The molecule has 0 bridgehead atoms. The van der Waals surface area contributed by atoms with Crippen molar-refractivity contribution < 1.29 is 14.4 Å². The third-order valence-corrected chi connectivity index (χ3v) is 2.82. The van der Waals surface area contributed by atoms with Crippen LogP contribution in [0.4, 0.5) is 11.5 Å². The summed E-state index contributed by atoms with van der Waals surface area (Å²) in [5.74, 6) is 0.951. The lowest BCUT2D eigenvalue weighted by atomic mass is 10.2. The number of nitrogens with one attached hydrogen (secondary N) is 1. The van der Waals surface area contributed by atoms with Crippen molar-refractivity contribution in [2.45, 2.75) is 6.92 Å². The Morgan fingerprint density at radius 1 is 1.43 bits per heavy atom. The number of rotatable bonds is 7. The Labute approximate surface area is 132 Å². The van der Waals surface area contributed by atoms with Crippen molar-refractivity contribution in [3.63, 3.8) is 0 Å². The fraction of sp³-hybridized carbons (Fsp3) is 0.200. The van der Waals surface area contributed by atoms with Crippen molar-refractivity contribution in [2.75, 3.05) is 19.1 Å². The second-order valence-corrected chi connectivity index (χ2v) is 4.35. The van der Waals surface area contributed by atoms with E-state index in [9.17, 15) is 10.1 Å². The molecule has 0 aliphatic rings. The van der Waals surface area contributed by atoms with Gasteiger partial charge in [-0.05, 0) is 25.1 Å². The van der Waals surface area contributed by atoms with Crippen LogP contribution in [0.5, 0.6) is 11.5 Å². The van der Waals surface area contributed by atoms with E-state index in [0.29, 0.717) is 23.7 Å². The van der Waals surface area contributed by atoms with Crippen molar-refractivity contribution in [1.29, 1.82) is 0 Å². The highest BCUT2D eigenvalue weighted by molar-refractivity contribution is 5.83. The quantitative estimate of drug-likeness (QED) is 0.479. The van der Waals surface area contributed by atoms with E-state index in [2.05, 4.69) is 15.5 Å². The van der Waals surface area contributed by atoms with Crippen LogP contribution in [0.3, 0.4) is 0 Å². The van der Waals surface area contributed by atoms with Gasteiger partial charge in [-0.1, -0.05) is 6.07 Å². The van der Waals surface area contributed by atoms with Crippen LogP contribution in [0, 0.1) is 10.1 Å². The van der Waals surface area contributed by atoms with Gasteiger partial charge in [-0.15, -0.1) is 0 Å². The molecule has 0 aliphatic carbocycles. The SMILES string of the molecule is CCOc1cc(/C=N/Nc2ccccn2)cc([N+](=O)[O-])c1OC. The zero-order valence-electron chi connectivity index (χ0n) is 12.7. The third kappa shape index (κ3) is 4.16. The van der Waals surface area contributed by atoms with Gasteiger partial charge < -0.3 is 9.47 Å². The average molecular weight is 316 g/mol. The van der Waals surface area contributed by atoms with E-state index >= 15 is 0 Å². The number of nitro groups is 1. The fourth-order valence-corrected chi connectivity index (χ4v) is 1.89. The highest BCUT2D eigenvalue weighted by atomic mass is 16.6. The minimum atomic E-state index is -0.523. The van der Waals surface area contributed by atoms with Gasteiger partial charge in [0.05, 0.1) is 24.9 Å². The molecule has 0 fully saturated rings. The van der Waals surface area contributed by atoms with Gasteiger partial charge in [0.2, 0.25) is 5.75 Å². The summed E-state index contributed by atoms with van der Waals surface area (Å²) in [7, 11) is 1.36. The topological polar surface area (TPSA) is 98.9 Å². The summed E-state index contributed by atoms with van der Waals surface area (Å²) >= 11 is 0. The minimum Gasteiger partial charge on any atom is -0.490 e. The molecule has 1 N–H and O–H groups in total. The first kappa shape index (κ1) is 16.2. The van der Waals surface area contributed by atoms with Crippen LogP contribution in [0.1, 0.15) is 12.5 Å². The molecule has 0 spiro atoms. The first-order valence-electron chi connectivity index (χ1n) is 6.85. The van der Waals surface area contributed by atoms with Crippen LogP contribution in [0.2, 0.25) is 0 Å². The molecule has 2 aromatic rings. The molecule has 0 saturated heterocycles. The van der Waals surface area contributed by atoms with E-state index in [1.165, 1.54) is 19.4 Å². The van der Waals surface area contributed by atoms with Gasteiger partial charge in [0.25, 0.3) is 0 Å². The largest absolute Gasteiger partial charge is 0.490 e. The number of hydrogen-bond donors (Lipinski definition) is 1. The molecule has 120 valence electrons. The summed E-state index contributed by atoms with van der Waals surface area (Å²) in [6, 6.07) is 8.34. The maximum atomic E-state index is 11.2. The van der Waals surface area contributed by atoms with Crippen molar-refractivity contribution >= 4 is 17.7 Å². The van der Waals surface area contributed by atoms with Gasteiger partial charge in [-0.3, -0.25) is 15.5 Å². The fourth-order valence-electron chi connectivity index (χ4n) is 1.89. The second-order valence-electron chi connectivity index (χ2n) is 4.35. The normalized spacial score (nSPS) is 10.5. The highest BCUT2D eigenvalue weighted by Gasteiger charge is 2.21. The molecule has 8 nitrogen and oxygen atoms in total. The van der Waals surface area contributed by atoms with Gasteiger partial charge in [0, 0.05) is 17.8 Å². The Bertz CT molecular complexity index is 704. The van der Waals surface area contributed by atoms with Crippen LogP contribution in [-0.4, -0.2) is 29.8 Å². The third-order valence-electron chi connectivity index (χ3n) is 2.82. The Morgan fingerprint density at radius 3 is 2.87 bits per heavy atom. The molecule has 0 radical (unpaired) electrons. The Morgan fingerprint density at radius 2 is 2.26 bits per heavy atom. The predicted octanol–water partition coefficient (Wildman–Crippen LogP) is 2.84. The van der Waals surface area contributed by atoms with E-state index in [0.717, 1.165) is 0 Å². The number of nitrogens with zero attached hydrogens (tertiary/aromatic N) is 3. The first-order chi connectivity index (χ1) is 11.2. The standard InChI is InChI=1S/C15H16N4O4/c1-3-23-13-9-11(8-12(19(20)21)15(13)22-2)10-17-18-14-6-4-5-7-16-14/h4-10H,3H2,1-2H3,(H,16,18)/b17-10+. The molecule has 23 heavy (non-hydrogen) atoms. The van der Waals surface area contributed by atoms with Crippen molar-refractivity contribution in [3.8, 4) is 11.5 Å². The molecule has 2 rings (SSSR count). The monoisotopic (exact) mass is 316 g/mol. The second kappa shape index (κ2) is 7.74. The van der Waals surface area contributed by atoms with Gasteiger partial charge in [0.15, 0.2) is 5.75 Å². The van der Waals surface area contributed by atoms with Crippen LogP contribution in [0.15, 0.2) is 41.6 Å². The number of hydrazone groups is 1. The van der Waals surface area contributed by atoms with Gasteiger partial charge in [-0.2, -0.15) is 5.10 Å². The predicted molar refractivity (Wildman–Crippen MR) is 86.3 cm³/mol. The molecule has 0 amide bonds. The van der Waals surface area contributed by atoms with Crippen LogP contribution in [-0.2, 0) is 0 Å². The molecule has 1 aromatic heterocycles. The highest BCUT2D eigenvalue weighted by Crippen LogP contribution is 2.37. The minimum absolute atomic E-state index is 0.0895. The van der Waals surface area contributed by atoms with E-state index in [4.69, 9.17) is 9.47 Å². The number of pyridine rings is 1. The molecule has 0 atom stereocenters. The number of methoxy groups -OCH3 is 1. The summed E-state index contributed by atoms with van der Waals surface area (Å²) < 4.78 is 10.5. The van der Waals surface area contributed by atoms with Crippen LogP contribution >= 0.6 is 0 Å². The average Bonchev–Trinajstić information content (AvgIpc) is 2.55. The lowest BCUT2D eigenvalue weighted by molar-refractivity contribution is -0.385. The Hall–Kier alpha value is -3.16. The number of benzene rings is 1. The van der Waals surface area contributed by atoms with Crippen molar-refractivity contribution in [1.82, 2.24) is 4.98 Å². The van der Waals surface area contributed by atoms with E-state index in [-0.39, 0.29) is 11.4 Å². The van der Waals surface area contributed by atoms with Crippen molar-refractivity contribution in [2.24, 2.45) is 5.10 Å². The van der Waals surface area contributed by atoms with Gasteiger partial charge >= 0.3 is 5.69 Å². The van der Waals surface area contributed by atoms with E-state index in [1.54, 1.807) is 31.3 Å². The summed E-state index contributed by atoms with van der Waals surface area (Å²) in [6.07, 6.45) is 3.08. The van der Waals surface area contributed by atoms with E-state index in [1.807, 2.05) is 6.07 Å². The lowest BCUT2D eigenvalue weighted by Gasteiger charge is -2.10. The molecule has 8 heteroatoms. The van der Waals surface area contributed by atoms with Gasteiger partial charge in [-0.25, -0.2) is 4.98 Å². The summed E-state index contributed by atoms with van der Waals surface area (Å²) in [6.45, 7) is 2.15. The number of aromatic nitrogens is 1. The molecular formula is C15H16N4O4. The van der Waals surface area contributed by atoms with E-state index < -0.39 is 4.92 Å². The number of ether oxygens (including phenoxy) is 2. The molecule has 0 saturated carbocycles. The maximum Gasteiger partial charge on any atom is 0.315 e. The number of anilines is 1. The van der Waals surface area contributed by atoms with Crippen LogP contribution < -0.4 is 14.9 Å². The smallest absolute Gasteiger partial charge is 0.315 e. The van der Waals surface area contributed by atoms with Crippen molar-refractivity contribution in [3.05, 3.63) is 52.2 Å². The summed E-state index contributed by atoms with van der Waals surface area (Å²) in [5, 5.41) is 15.2. The first-order valence-corrected chi connectivity index (χ1v) is 6.85. The zero-order chi connectivity index (χ0) is 16.7. The number of hydrogen-bond acceptors (Lipinski definition) is 7. The Balaban J connectivity index is 2.29. The molecule has 1 aromatic carbocycles. The number of nitro benzene ring substituents is 1. The molecule has 1 heterocycles. The lowest BCUT2D eigenvalue weighted by Crippen LogP contribution is -2.01.